The van der Waals surface area contributed by atoms with Crippen LogP contribution in [-0.2, 0) is 11.5 Å². The molecule has 0 saturated carbocycles. The van der Waals surface area contributed by atoms with E-state index in [0.717, 1.165) is 32.9 Å². The third-order valence-electron chi connectivity index (χ3n) is 2.48. The zero-order chi connectivity index (χ0) is 11.8. The quantitative estimate of drug-likeness (QED) is 0.748. The Labute approximate surface area is 116 Å². The molecule has 0 unspecified atom stereocenters. The Balaban J connectivity index is 2.10. The largest absolute Gasteiger partial charge is 0.252 e. The van der Waals surface area contributed by atoms with Crippen molar-refractivity contribution in [2.75, 3.05) is 0 Å². The molecular formula is C11H7BrClN3S. The molecule has 3 heterocycles. The topological polar surface area (TPSA) is 38.7 Å². The van der Waals surface area contributed by atoms with Crippen LogP contribution < -0.4 is 0 Å². The molecule has 0 N–H and O–H groups in total. The zero-order valence-electron chi connectivity index (χ0n) is 8.65. The van der Waals surface area contributed by atoms with Crippen molar-refractivity contribution >= 4 is 39.3 Å². The van der Waals surface area contributed by atoms with Crippen LogP contribution in [0, 0.1) is 0 Å². The summed E-state index contributed by atoms with van der Waals surface area (Å²) >= 11 is 11.3. The van der Waals surface area contributed by atoms with Crippen molar-refractivity contribution in [3.05, 3.63) is 39.2 Å². The van der Waals surface area contributed by atoms with E-state index >= 15 is 0 Å². The Morgan fingerprint density at radius 2 is 2.12 bits per heavy atom. The van der Waals surface area contributed by atoms with Crippen molar-refractivity contribution in [1.82, 2.24) is 15.0 Å². The average molecular weight is 329 g/mol. The summed E-state index contributed by atoms with van der Waals surface area (Å²) in [5.41, 5.74) is 2.85. The monoisotopic (exact) mass is 327 g/mol. The van der Waals surface area contributed by atoms with Crippen LogP contribution >= 0.6 is 39.3 Å². The summed E-state index contributed by atoms with van der Waals surface area (Å²) in [6.45, 7) is 0. The van der Waals surface area contributed by atoms with Crippen LogP contribution in [0.1, 0.15) is 11.3 Å². The highest BCUT2D eigenvalue weighted by atomic mass is 79.9. The van der Waals surface area contributed by atoms with Gasteiger partial charge in [-0.1, -0.05) is 11.6 Å². The minimum absolute atomic E-state index is 0.555. The Kier molecular flexibility index (Phi) is 3.06. The van der Waals surface area contributed by atoms with Gasteiger partial charge in [0, 0.05) is 27.7 Å². The Morgan fingerprint density at radius 1 is 1.24 bits per heavy atom. The molecule has 2 aromatic rings. The van der Waals surface area contributed by atoms with Gasteiger partial charge in [0.1, 0.15) is 10.8 Å². The van der Waals surface area contributed by atoms with E-state index in [0.29, 0.717) is 11.0 Å². The number of hydrogen-bond donors (Lipinski definition) is 0. The van der Waals surface area contributed by atoms with Crippen molar-refractivity contribution < 1.29 is 0 Å². The molecule has 0 amide bonds. The molecule has 17 heavy (non-hydrogen) atoms. The maximum Gasteiger partial charge on any atom is 0.179 e. The Morgan fingerprint density at radius 3 is 2.88 bits per heavy atom. The van der Waals surface area contributed by atoms with E-state index in [9.17, 15) is 0 Å². The third-order valence-corrected chi connectivity index (χ3v) is 4.24. The second-order valence-electron chi connectivity index (χ2n) is 3.62. The van der Waals surface area contributed by atoms with Crippen LogP contribution in [0.15, 0.2) is 22.8 Å². The number of pyridine rings is 1. The molecule has 3 rings (SSSR count). The predicted octanol–water partition coefficient (Wildman–Crippen LogP) is 3.70. The molecule has 1 aliphatic heterocycles. The lowest BCUT2D eigenvalue weighted by atomic mass is 10.2. The molecule has 0 aliphatic carbocycles. The van der Waals surface area contributed by atoms with Gasteiger partial charge in [0.2, 0.25) is 0 Å². The van der Waals surface area contributed by atoms with Gasteiger partial charge in [0.15, 0.2) is 5.82 Å². The number of nitrogens with zero attached hydrogens (tertiary/aromatic N) is 3. The van der Waals surface area contributed by atoms with Crippen LogP contribution in [0.5, 0.6) is 0 Å². The van der Waals surface area contributed by atoms with E-state index < -0.39 is 0 Å². The number of aromatic nitrogens is 3. The summed E-state index contributed by atoms with van der Waals surface area (Å²) in [7, 11) is 0. The van der Waals surface area contributed by atoms with Crippen LogP contribution in [0.2, 0.25) is 5.15 Å². The lowest BCUT2D eigenvalue weighted by molar-refractivity contribution is 1.06. The van der Waals surface area contributed by atoms with Gasteiger partial charge in [-0.15, -0.1) is 0 Å². The first-order valence-corrected chi connectivity index (χ1v) is 7.31. The fourth-order valence-electron chi connectivity index (χ4n) is 1.63. The van der Waals surface area contributed by atoms with Crippen LogP contribution in [0.4, 0.5) is 0 Å². The molecule has 86 valence electrons. The molecule has 0 aromatic carbocycles. The summed E-state index contributed by atoms with van der Waals surface area (Å²) in [5.74, 6) is 2.41. The molecule has 2 aromatic heterocycles. The second-order valence-corrected chi connectivity index (χ2v) is 5.88. The number of fused-ring (bicyclic) bond motifs is 1. The van der Waals surface area contributed by atoms with E-state index in [1.807, 2.05) is 23.9 Å². The second kappa shape index (κ2) is 4.55. The average Bonchev–Trinajstić information content (AvgIpc) is 2.78. The molecule has 0 bridgehead atoms. The maximum atomic E-state index is 6.15. The van der Waals surface area contributed by atoms with E-state index in [1.165, 1.54) is 0 Å². The van der Waals surface area contributed by atoms with Crippen molar-refractivity contribution in [1.29, 1.82) is 0 Å². The highest BCUT2D eigenvalue weighted by Crippen LogP contribution is 2.33. The molecular weight excluding hydrogens is 322 g/mol. The van der Waals surface area contributed by atoms with Gasteiger partial charge in [0.05, 0.1) is 5.69 Å². The Hall–Kier alpha value is -0.650. The molecule has 0 atom stereocenters. The third kappa shape index (κ3) is 2.19. The van der Waals surface area contributed by atoms with E-state index in [-0.39, 0.29) is 0 Å². The fraction of sp³-hybridized carbons (Fsp3) is 0.182. The van der Waals surface area contributed by atoms with Crippen molar-refractivity contribution in [2.45, 2.75) is 11.5 Å². The van der Waals surface area contributed by atoms with E-state index in [1.54, 1.807) is 6.20 Å². The number of thioether (sulfide) groups is 1. The molecule has 1 aliphatic rings. The smallest absolute Gasteiger partial charge is 0.179 e. The van der Waals surface area contributed by atoms with Gasteiger partial charge in [-0.3, -0.25) is 4.98 Å². The van der Waals surface area contributed by atoms with Gasteiger partial charge in [-0.05, 0) is 28.1 Å². The molecule has 0 spiro atoms. The molecule has 3 nitrogen and oxygen atoms in total. The van der Waals surface area contributed by atoms with Crippen molar-refractivity contribution in [3.63, 3.8) is 0 Å². The number of rotatable bonds is 1. The van der Waals surface area contributed by atoms with Crippen LogP contribution in [-0.4, -0.2) is 15.0 Å². The summed E-state index contributed by atoms with van der Waals surface area (Å²) in [6, 6.07) is 3.80. The first-order valence-electron chi connectivity index (χ1n) is 4.99. The van der Waals surface area contributed by atoms with E-state index in [4.69, 9.17) is 11.6 Å². The molecule has 0 saturated heterocycles. The first-order chi connectivity index (χ1) is 8.24. The highest BCUT2D eigenvalue weighted by Gasteiger charge is 2.19. The van der Waals surface area contributed by atoms with Crippen molar-refractivity contribution in [2.24, 2.45) is 0 Å². The van der Waals surface area contributed by atoms with E-state index in [2.05, 4.69) is 30.9 Å². The lowest BCUT2D eigenvalue weighted by Crippen LogP contribution is -1.98. The number of hydrogen-bond acceptors (Lipinski definition) is 4. The zero-order valence-corrected chi connectivity index (χ0v) is 11.8. The highest BCUT2D eigenvalue weighted by molar-refractivity contribution is 9.10. The minimum Gasteiger partial charge on any atom is -0.252 e. The van der Waals surface area contributed by atoms with Crippen LogP contribution in [0.3, 0.4) is 0 Å². The SMILES string of the molecule is Clc1nc(-c2ccc(Br)cn2)nc2c1CSC2. The van der Waals surface area contributed by atoms with Crippen LogP contribution in [0.25, 0.3) is 11.5 Å². The summed E-state index contributed by atoms with van der Waals surface area (Å²) in [5, 5.41) is 0.555. The first kappa shape index (κ1) is 11.4. The molecule has 0 fully saturated rings. The normalized spacial score (nSPS) is 13.8. The minimum atomic E-state index is 0.555. The fourth-order valence-corrected chi connectivity index (χ4v) is 3.25. The lowest BCUT2D eigenvalue weighted by Gasteiger charge is -2.04. The summed E-state index contributed by atoms with van der Waals surface area (Å²) in [4.78, 5) is 13.1. The van der Waals surface area contributed by atoms with Gasteiger partial charge in [-0.2, -0.15) is 11.8 Å². The molecule has 6 heteroatoms. The maximum absolute atomic E-state index is 6.15. The predicted molar refractivity (Wildman–Crippen MR) is 73.0 cm³/mol. The Bertz CT molecular complexity index is 574. The molecule has 0 radical (unpaired) electrons. The van der Waals surface area contributed by atoms with Gasteiger partial charge < -0.3 is 0 Å². The summed E-state index contributed by atoms with van der Waals surface area (Å²) in [6.07, 6.45) is 1.73. The van der Waals surface area contributed by atoms with Gasteiger partial charge in [0.25, 0.3) is 0 Å². The standard InChI is InChI=1S/C11H7BrClN3S/c12-6-1-2-8(14-3-6)11-15-9-5-17-4-7(9)10(13)16-11/h1-3H,4-5H2. The number of halogens is 2. The van der Waals surface area contributed by atoms with Crippen molar-refractivity contribution in [3.8, 4) is 11.5 Å². The van der Waals surface area contributed by atoms with Gasteiger partial charge in [-0.25, -0.2) is 9.97 Å². The summed E-state index contributed by atoms with van der Waals surface area (Å²) < 4.78 is 0.934. The van der Waals surface area contributed by atoms with Gasteiger partial charge >= 0.3 is 0 Å².